The Morgan fingerprint density at radius 2 is 2.06 bits per heavy atom. The Morgan fingerprint density at radius 1 is 1.44 bits per heavy atom. The second-order valence-corrected chi connectivity index (χ2v) is 6.46. The molecule has 18 heavy (non-hydrogen) atoms. The molecule has 0 aromatic carbocycles. The van der Waals surface area contributed by atoms with Gasteiger partial charge in [-0.25, -0.2) is 0 Å². The van der Waals surface area contributed by atoms with Crippen molar-refractivity contribution in [2.45, 2.75) is 53.0 Å². The molecule has 0 aliphatic heterocycles. The third kappa shape index (κ3) is 5.15. The first kappa shape index (κ1) is 17.7. The highest BCUT2D eigenvalue weighted by molar-refractivity contribution is 5.85. The van der Waals surface area contributed by atoms with Crippen molar-refractivity contribution in [3.63, 3.8) is 0 Å². The maximum atomic E-state index is 12.0. The number of hydrogen-bond acceptors (Lipinski definition) is 2. The van der Waals surface area contributed by atoms with Gasteiger partial charge in [-0.05, 0) is 37.6 Å². The van der Waals surface area contributed by atoms with Gasteiger partial charge in [0.2, 0.25) is 5.91 Å². The van der Waals surface area contributed by atoms with Gasteiger partial charge < -0.3 is 10.6 Å². The van der Waals surface area contributed by atoms with E-state index in [1.807, 2.05) is 14.0 Å². The van der Waals surface area contributed by atoms with Crippen molar-refractivity contribution in [3.05, 3.63) is 0 Å². The van der Waals surface area contributed by atoms with Crippen LogP contribution in [0.2, 0.25) is 0 Å². The smallest absolute Gasteiger partial charge is 0.224 e. The molecule has 1 rings (SSSR count). The minimum absolute atomic E-state index is 0. The minimum atomic E-state index is 0. The van der Waals surface area contributed by atoms with Crippen LogP contribution in [0.15, 0.2) is 0 Å². The Labute approximate surface area is 118 Å². The molecule has 0 radical (unpaired) electrons. The van der Waals surface area contributed by atoms with Crippen molar-refractivity contribution >= 4 is 18.3 Å². The molecule has 1 fully saturated rings. The lowest BCUT2D eigenvalue weighted by atomic mass is 9.70. The van der Waals surface area contributed by atoms with Crippen LogP contribution in [0.1, 0.15) is 47.0 Å². The zero-order valence-electron chi connectivity index (χ0n) is 12.4. The molecule has 1 amide bonds. The first-order valence-corrected chi connectivity index (χ1v) is 6.80. The van der Waals surface area contributed by atoms with E-state index in [1.54, 1.807) is 0 Å². The highest BCUT2D eigenvalue weighted by Gasteiger charge is 2.33. The number of halogens is 1. The predicted octanol–water partition coefficient (Wildman–Crippen LogP) is 2.59. The maximum absolute atomic E-state index is 12.0. The topological polar surface area (TPSA) is 41.1 Å². The van der Waals surface area contributed by atoms with E-state index in [1.165, 1.54) is 12.8 Å². The Balaban J connectivity index is 0.00000289. The fourth-order valence-electron chi connectivity index (χ4n) is 2.88. The molecule has 1 aliphatic carbocycles. The number of carbonyl (C=O) groups excluding carboxylic acids is 1. The molecule has 0 bridgehead atoms. The van der Waals surface area contributed by atoms with Crippen LogP contribution in [0.3, 0.4) is 0 Å². The van der Waals surface area contributed by atoms with Crippen LogP contribution in [0, 0.1) is 17.3 Å². The van der Waals surface area contributed by atoms with Crippen molar-refractivity contribution in [2.24, 2.45) is 17.3 Å². The number of amides is 1. The lowest BCUT2D eigenvalue weighted by Gasteiger charge is -2.39. The first-order chi connectivity index (χ1) is 7.85. The van der Waals surface area contributed by atoms with Gasteiger partial charge in [-0.1, -0.05) is 27.7 Å². The molecule has 0 heterocycles. The number of rotatable bonds is 4. The van der Waals surface area contributed by atoms with Crippen LogP contribution >= 0.6 is 12.4 Å². The van der Waals surface area contributed by atoms with Crippen molar-refractivity contribution < 1.29 is 4.79 Å². The molecule has 3 nitrogen and oxygen atoms in total. The first-order valence-electron chi connectivity index (χ1n) is 6.80. The quantitative estimate of drug-likeness (QED) is 0.829. The van der Waals surface area contributed by atoms with Crippen LogP contribution in [-0.4, -0.2) is 25.5 Å². The van der Waals surface area contributed by atoms with Gasteiger partial charge in [0.05, 0.1) is 0 Å². The summed E-state index contributed by atoms with van der Waals surface area (Å²) in [5.41, 5.74) is 0.442. The van der Waals surface area contributed by atoms with Crippen LogP contribution < -0.4 is 10.6 Å². The number of carbonyl (C=O) groups is 1. The fraction of sp³-hybridized carbons (Fsp3) is 0.929. The normalized spacial score (nSPS) is 28.1. The molecule has 1 saturated carbocycles. The zero-order valence-corrected chi connectivity index (χ0v) is 13.2. The van der Waals surface area contributed by atoms with E-state index >= 15 is 0 Å². The van der Waals surface area contributed by atoms with E-state index in [-0.39, 0.29) is 24.2 Å². The standard InChI is InChI=1S/C14H28N2O.ClH/c1-10-8-14(3,4)7-6-12(10)16-13(17)11(2)9-15-5;/h10-12,15H,6-9H2,1-5H3,(H,16,17);1H. The summed E-state index contributed by atoms with van der Waals surface area (Å²) in [5, 5.41) is 6.26. The second kappa shape index (κ2) is 7.34. The van der Waals surface area contributed by atoms with Gasteiger partial charge in [-0.15, -0.1) is 12.4 Å². The van der Waals surface area contributed by atoms with Crippen LogP contribution in [0.5, 0.6) is 0 Å². The number of hydrogen-bond donors (Lipinski definition) is 2. The van der Waals surface area contributed by atoms with Crippen molar-refractivity contribution in [3.8, 4) is 0 Å². The third-order valence-electron chi connectivity index (χ3n) is 3.98. The molecule has 3 unspecified atom stereocenters. The maximum Gasteiger partial charge on any atom is 0.224 e. The van der Waals surface area contributed by atoms with Crippen molar-refractivity contribution in [1.82, 2.24) is 10.6 Å². The highest BCUT2D eigenvalue weighted by Crippen LogP contribution is 2.38. The summed E-state index contributed by atoms with van der Waals surface area (Å²) in [6, 6.07) is 0.370. The summed E-state index contributed by atoms with van der Waals surface area (Å²) in [4.78, 5) is 12.0. The SMILES string of the molecule is CNCC(C)C(=O)NC1CCC(C)(C)CC1C.Cl. The molecule has 0 saturated heterocycles. The van der Waals surface area contributed by atoms with Gasteiger partial charge in [0, 0.05) is 18.5 Å². The largest absolute Gasteiger partial charge is 0.353 e. The Morgan fingerprint density at radius 3 is 2.56 bits per heavy atom. The van der Waals surface area contributed by atoms with Crippen LogP contribution in [-0.2, 0) is 4.79 Å². The fourth-order valence-corrected chi connectivity index (χ4v) is 2.88. The van der Waals surface area contributed by atoms with Crippen LogP contribution in [0.25, 0.3) is 0 Å². The molecule has 2 N–H and O–H groups in total. The van der Waals surface area contributed by atoms with E-state index in [9.17, 15) is 4.79 Å². The zero-order chi connectivity index (χ0) is 13.1. The van der Waals surface area contributed by atoms with E-state index in [0.717, 1.165) is 13.0 Å². The van der Waals surface area contributed by atoms with Gasteiger partial charge in [0.1, 0.15) is 0 Å². The monoisotopic (exact) mass is 276 g/mol. The average molecular weight is 277 g/mol. The Bertz CT molecular complexity index is 269. The summed E-state index contributed by atoms with van der Waals surface area (Å²) in [6.07, 6.45) is 3.53. The van der Waals surface area contributed by atoms with Crippen LogP contribution in [0.4, 0.5) is 0 Å². The molecule has 0 aromatic rings. The molecule has 3 atom stereocenters. The van der Waals surface area contributed by atoms with Gasteiger partial charge in [-0.3, -0.25) is 4.79 Å². The molecule has 1 aliphatic rings. The van der Waals surface area contributed by atoms with E-state index < -0.39 is 0 Å². The third-order valence-corrected chi connectivity index (χ3v) is 3.98. The summed E-state index contributed by atoms with van der Waals surface area (Å²) in [6.45, 7) is 9.63. The summed E-state index contributed by atoms with van der Waals surface area (Å²) >= 11 is 0. The lowest BCUT2D eigenvalue weighted by Crippen LogP contribution is -2.47. The van der Waals surface area contributed by atoms with E-state index in [4.69, 9.17) is 0 Å². The van der Waals surface area contributed by atoms with E-state index in [0.29, 0.717) is 17.4 Å². The Kier molecular flexibility index (Phi) is 7.23. The molecule has 0 aromatic heterocycles. The summed E-state index contributed by atoms with van der Waals surface area (Å²) in [7, 11) is 1.88. The average Bonchev–Trinajstić information content (AvgIpc) is 2.21. The molecule has 0 spiro atoms. The molecule has 108 valence electrons. The van der Waals surface area contributed by atoms with Gasteiger partial charge in [0.25, 0.3) is 0 Å². The lowest BCUT2D eigenvalue weighted by molar-refractivity contribution is -0.125. The second-order valence-electron chi connectivity index (χ2n) is 6.46. The van der Waals surface area contributed by atoms with E-state index in [2.05, 4.69) is 31.4 Å². The summed E-state index contributed by atoms with van der Waals surface area (Å²) in [5.74, 6) is 0.836. The predicted molar refractivity (Wildman–Crippen MR) is 79.1 cm³/mol. The molecular formula is C14H29ClN2O. The van der Waals surface area contributed by atoms with Gasteiger partial charge in [0.15, 0.2) is 0 Å². The van der Waals surface area contributed by atoms with Gasteiger partial charge >= 0.3 is 0 Å². The minimum Gasteiger partial charge on any atom is -0.353 e. The number of nitrogens with one attached hydrogen (secondary N) is 2. The van der Waals surface area contributed by atoms with Crippen molar-refractivity contribution in [2.75, 3.05) is 13.6 Å². The highest BCUT2D eigenvalue weighted by atomic mass is 35.5. The summed E-state index contributed by atoms with van der Waals surface area (Å²) < 4.78 is 0. The van der Waals surface area contributed by atoms with Crippen molar-refractivity contribution in [1.29, 1.82) is 0 Å². The Hall–Kier alpha value is -0.280. The van der Waals surface area contributed by atoms with Gasteiger partial charge in [-0.2, -0.15) is 0 Å². The molecular weight excluding hydrogens is 248 g/mol. The molecule has 4 heteroatoms.